The number of aromatic nitrogens is 2. The number of ether oxygens (including phenoxy) is 1. The van der Waals surface area contributed by atoms with Gasteiger partial charge in [-0.2, -0.15) is 0 Å². The minimum Gasteiger partial charge on any atom is -0.379 e. The third-order valence-electron chi connectivity index (χ3n) is 8.23. The van der Waals surface area contributed by atoms with Gasteiger partial charge in [-0.3, -0.25) is 19.1 Å². The zero-order valence-corrected chi connectivity index (χ0v) is 20.3. The Bertz CT molecular complexity index is 1340. The summed E-state index contributed by atoms with van der Waals surface area (Å²) in [6.07, 6.45) is 7.34. The molecule has 3 aromatic rings. The number of benzene rings is 1. The van der Waals surface area contributed by atoms with Gasteiger partial charge in [0.2, 0.25) is 0 Å². The van der Waals surface area contributed by atoms with Crippen LogP contribution in [0.2, 0.25) is 0 Å². The molecule has 2 saturated carbocycles. The van der Waals surface area contributed by atoms with Crippen molar-refractivity contribution < 1.29 is 13.9 Å². The fraction of sp³-hybridized carbons (Fsp3) is 0.464. The molecule has 1 aromatic carbocycles. The Morgan fingerprint density at radius 3 is 2.56 bits per heavy atom. The highest BCUT2D eigenvalue weighted by atomic mass is 19.1. The van der Waals surface area contributed by atoms with Gasteiger partial charge in [0.05, 0.1) is 13.2 Å². The van der Waals surface area contributed by atoms with Crippen molar-refractivity contribution >= 4 is 16.9 Å². The van der Waals surface area contributed by atoms with E-state index in [2.05, 4.69) is 15.2 Å². The number of fused-ring (bicyclic) bond motifs is 1. The third kappa shape index (κ3) is 4.22. The molecule has 1 N–H and O–H groups in total. The van der Waals surface area contributed by atoms with Crippen LogP contribution < -0.4 is 10.9 Å². The minimum atomic E-state index is -0.369. The molecule has 6 rings (SSSR count). The number of pyridine rings is 2. The smallest absolute Gasteiger partial charge is 0.265 e. The van der Waals surface area contributed by atoms with E-state index in [1.807, 2.05) is 6.07 Å². The number of nitrogens with one attached hydrogen (secondary N) is 1. The molecule has 3 heterocycles. The molecular weight excluding hydrogens is 459 g/mol. The fourth-order valence-electron chi connectivity index (χ4n) is 6.11. The van der Waals surface area contributed by atoms with E-state index in [9.17, 15) is 14.0 Å². The molecule has 1 amide bonds. The molecule has 1 saturated heterocycles. The van der Waals surface area contributed by atoms with E-state index in [4.69, 9.17) is 4.74 Å². The maximum absolute atomic E-state index is 14.0. The molecule has 188 valence electrons. The lowest BCUT2D eigenvalue weighted by Crippen LogP contribution is -2.54. The quantitative estimate of drug-likeness (QED) is 0.572. The molecule has 0 atom stereocenters. The number of carbonyl (C=O) groups excluding carboxylic acids is 1. The molecular formula is C28H31FN4O3. The van der Waals surface area contributed by atoms with E-state index in [-0.39, 0.29) is 28.9 Å². The summed E-state index contributed by atoms with van der Waals surface area (Å²) in [5, 5.41) is 3.85. The number of amides is 1. The van der Waals surface area contributed by atoms with Gasteiger partial charge in [0.15, 0.2) is 0 Å². The Kier molecular flexibility index (Phi) is 6.09. The van der Waals surface area contributed by atoms with Gasteiger partial charge in [0, 0.05) is 49.4 Å². The normalized spacial score (nSPS) is 19.7. The predicted octanol–water partition coefficient (Wildman–Crippen LogP) is 3.60. The molecule has 3 aliphatic rings. The van der Waals surface area contributed by atoms with Crippen LogP contribution in [0.4, 0.5) is 4.39 Å². The van der Waals surface area contributed by atoms with Gasteiger partial charge < -0.3 is 10.1 Å². The summed E-state index contributed by atoms with van der Waals surface area (Å²) >= 11 is 0. The first kappa shape index (κ1) is 23.3. The highest BCUT2D eigenvalue weighted by Gasteiger charge is 2.48. The third-order valence-corrected chi connectivity index (χ3v) is 8.23. The van der Waals surface area contributed by atoms with E-state index >= 15 is 0 Å². The number of rotatable bonds is 6. The molecule has 1 aliphatic heterocycles. The van der Waals surface area contributed by atoms with Crippen LogP contribution in [0.15, 0.2) is 47.4 Å². The number of hydrogen-bond acceptors (Lipinski definition) is 5. The van der Waals surface area contributed by atoms with Crippen LogP contribution in [-0.4, -0.2) is 59.2 Å². The van der Waals surface area contributed by atoms with Crippen molar-refractivity contribution in [3.8, 4) is 11.1 Å². The summed E-state index contributed by atoms with van der Waals surface area (Å²) in [6, 6.07) is 9.74. The van der Waals surface area contributed by atoms with Gasteiger partial charge in [0.25, 0.3) is 11.5 Å². The second kappa shape index (κ2) is 9.41. The van der Waals surface area contributed by atoms with Gasteiger partial charge in [-0.15, -0.1) is 0 Å². The van der Waals surface area contributed by atoms with Crippen LogP contribution >= 0.6 is 0 Å². The predicted molar refractivity (Wildman–Crippen MR) is 135 cm³/mol. The van der Waals surface area contributed by atoms with E-state index in [1.165, 1.54) is 31.4 Å². The summed E-state index contributed by atoms with van der Waals surface area (Å²) < 4.78 is 20.8. The SMILES string of the molecule is O=C(NC1CC2(CCC2)C1)c1c(-c2ccc(F)cc2)c2cccnc2n(CCN2CCOCC2)c1=O. The van der Waals surface area contributed by atoms with Crippen molar-refractivity contribution in [2.24, 2.45) is 5.41 Å². The van der Waals surface area contributed by atoms with Crippen molar-refractivity contribution in [2.75, 3.05) is 32.8 Å². The highest BCUT2D eigenvalue weighted by molar-refractivity contribution is 6.08. The topological polar surface area (TPSA) is 76.5 Å². The van der Waals surface area contributed by atoms with Crippen LogP contribution in [0.25, 0.3) is 22.2 Å². The molecule has 3 fully saturated rings. The molecule has 7 nitrogen and oxygen atoms in total. The van der Waals surface area contributed by atoms with E-state index in [0.29, 0.717) is 53.9 Å². The number of halogens is 1. The summed E-state index contributed by atoms with van der Waals surface area (Å²) in [5.74, 6) is -0.726. The largest absolute Gasteiger partial charge is 0.379 e. The Morgan fingerprint density at radius 2 is 1.86 bits per heavy atom. The van der Waals surface area contributed by atoms with Crippen molar-refractivity contribution in [3.05, 3.63) is 64.3 Å². The average molecular weight is 491 g/mol. The molecule has 36 heavy (non-hydrogen) atoms. The Hall–Kier alpha value is -3.10. The van der Waals surface area contributed by atoms with Crippen LogP contribution in [0.1, 0.15) is 42.5 Å². The van der Waals surface area contributed by atoms with Crippen molar-refractivity contribution in [2.45, 2.75) is 44.7 Å². The van der Waals surface area contributed by atoms with Crippen LogP contribution in [0, 0.1) is 11.2 Å². The minimum absolute atomic E-state index is 0.0877. The summed E-state index contributed by atoms with van der Waals surface area (Å²) in [5.41, 5.74) is 1.83. The summed E-state index contributed by atoms with van der Waals surface area (Å²) in [4.78, 5) is 34.5. The van der Waals surface area contributed by atoms with Crippen molar-refractivity contribution in [1.29, 1.82) is 0 Å². The maximum atomic E-state index is 14.0. The van der Waals surface area contributed by atoms with E-state index < -0.39 is 0 Å². The van der Waals surface area contributed by atoms with E-state index in [0.717, 1.165) is 25.9 Å². The molecule has 0 bridgehead atoms. The number of nitrogens with zero attached hydrogens (tertiary/aromatic N) is 3. The number of morpholine rings is 1. The monoisotopic (exact) mass is 490 g/mol. The lowest BCUT2D eigenvalue weighted by atomic mass is 9.54. The van der Waals surface area contributed by atoms with Crippen LogP contribution in [0.3, 0.4) is 0 Å². The second-order valence-electron chi connectivity index (χ2n) is 10.5. The van der Waals surface area contributed by atoms with Gasteiger partial charge in [-0.1, -0.05) is 18.6 Å². The van der Waals surface area contributed by atoms with Crippen LogP contribution in [-0.2, 0) is 11.3 Å². The zero-order valence-electron chi connectivity index (χ0n) is 20.3. The molecule has 2 aliphatic carbocycles. The molecule has 8 heteroatoms. The first-order valence-electron chi connectivity index (χ1n) is 12.9. The Labute approximate surface area is 209 Å². The van der Waals surface area contributed by atoms with Gasteiger partial charge in [-0.05, 0) is 60.9 Å². The summed E-state index contributed by atoms with van der Waals surface area (Å²) in [6.45, 7) is 4.05. The van der Waals surface area contributed by atoms with Crippen LogP contribution in [0.5, 0.6) is 0 Å². The van der Waals surface area contributed by atoms with Gasteiger partial charge in [-0.25, -0.2) is 9.37 Å². The Balaban J connectivity index is 1.42. The average Bonchev–Trinajstić information content (AvgIpc) is 2.85. The van der Waals surface area contributed by atoms with E-state index in [1.54, 1.807) is 29.0 Å². The fourth-order valence-corrected chi connectivity index (χ4v) is 6.11. The molecule has 0 radical (unpaired) electrons. The first-order valence-corrected chi connectivity index (χ1v) is 12.9. The second-order valence-corrected chi connectivity index (χ2v) is 10.5. The highest BCUT2D eigenvalue weighted by Crippen LogP contribution is 2.55. The summed E-state index contributed by atoms with van der Waals surface area (Å²) in [7, 11) is 0. The van der Waals surface area contributed by atoms with Gasteiger partial charge >= 0.3 is 0 Å². The van der Waals surface area contributed by atoms with Crippen molar-refractivity contribution in [1.82, 2.24) is 19.8 Å². The van der Waals surface area contributed by atoms with Crippen molar-refractivity contribution in [3.63, 3.8) is 0 Å². The van der Waals surface area contributed by atoms with Gasteiger partial charge in [0.1, 0.15) is 17.0 Å². The lowest BCUT2D eigenvalue weighted by molar-refractivity contribution is -0.000640. The Morgan fingerprint density at radius 1 is 1.11 bits per heavy atom. The molecule has 1 spiro atoms. The first-order chi connectivity index (χ1) is 17.5. The lowest BCUT2D eigenvalue weighted by Gasteiger charge is -2.54. The molecule has 0 unspecified atom stereocenters. The number of hydrogen-bond donors (Lipinski definition) is 1. The molecule has 2 aromatic heterocycles. The zero-order chi connectivity index (χ0) is 24.7. The maximum Gasteiger partial charge on any atom is 0.265 e. The standard InChI is InChI=1S/C28H31FN4O3/c29-20-6-4-19(5-7-20)23-22-3-1-10-30-25(22)33(12-11-32-13-15-36-16-14-32)27(35)24(23)26(34)31-21-17-28(18-21)8-2-9-28/h1,3-7,10,21H,2,8-9,11-18H2,(H,31,34). The number of carbonyl (C=O) groups is 1.